The Morgan fingerprint density at radius 1 is 0.977 bits per heavy atom. The second-order valence-electron chi connectivity index (χ2n) is 15.1. The zero-order valence-corrected chi connectivity index (χ0v) is 26.1. The Labute approximate surface area is 253 Å². The van der Waals surface area contributed by atoms with E-state index in [1.807, 2.05) is 20.8 Å². The minimum atomic E-state index is -1.76. The van der Waals surface area contributed by atoms with E-state index in [4.69, 9.17) is 9.47 Å². The summed E-state index contributed by atoms with van der Waals surface area (Å²) in [4.78, 5) is 37.9. The summed E-state index contributed by atoms with van der Waals surface area (Å²) < 4.78 is 11.4. The molecule has 13 atom stereocenters. The van der Waals surface area contributed by atoms with Gasteiger partial charge in [0.15, 0.2) is 18.2 Å². The van der Waals surface area contributed by atoms with Crippen LogP contribution in [-0.2, 0) is 23.9 Å². The monoisotopic (exact) mass is 606 g/mol. The number of Topliss-reactive ketones (excluding diaryl/α,β-unsaturated/α-hetero) is 2. The Morgan fingerprint density at radius 2 is 1.67 bits per heavy atom. The van der Waals surface area contributed by atoms with Crippen molar-refractivity contribution in [2.45, 2.75) is 129 Å². The fraction of sp³-hybridized carbons (Fsp3) is 0.848. The van der Waals surface area contributed by atoms with Gasteiger partial charge in [0.25, 0.3) is 0 Å². The van der Waals surface area contributed by atoms with Crippen LogP contribution in [0.25, 0.3) is 0 Å². The van der Waals surface area contributed by atoms with Crippen LogP contribution in [0.15, 0.2) is 11.3 Å². The fourth-order valence-electron chi connectivity index (χ4n) is 10.0. The molecule has 1 aliphatic heterocycles. The Hall–Kier alpha value is -1.85. The van der Waals surface area contributed by atoms with Crippen molar-refractivity contribution in [1.82, 2.24) is 0 Å². The summed E-state index contributed by atoms with van der Waals surface area (Å²) in [5.41, 5.74) is 0.275. The normalized spacial score (nSPS) is 45.4. The van der Waals surface area contributed by atoms with Gasteiger partial charge in [-0.2, -0.15) is 0 Å². The summed E-state index contributed by atoms with van der Waals surface area (Å²) in [5, 5.41) is 51.2. The minimum absolute atomic E-state index is 0.0487. The molecule has 10 nitrogen and oxygen atoms in total. The molecular weight excluding hydrogens is 556 g/mol. The van der Waals surface area contributed by atoms with Crippen LogP contribution in [0.4, 0.5) is 0 Å². The molecule has 4 aliphatic carbocycles. The predicted molar refractivity (Wildman–Crippen MR) is 155 cm³/mol. The Kier molecular flexibility index (Phi) is 8.95. The lowest BCUT2D eigenvalue weighted by atomic mass is 9.44. The lowest BCUT2D eigenvalue weighted by Gasteiger charge is -2.60. The molecule has 0 unspecified atom stereocenters. The number of aliphatic carboxylic acids is 1. The van der Waals surface area contributed by atoms with Gasteiger partial charge in [-0.25, -0.2) is 4.79 Å². The summed E-state index contributed by atoms with van der Waals surface area (Å²) in [6, 6.07) is 0. The fourth-order valence-corrected chi connectivity index (χ4v) is 10.0. The number of carboxylic acids is 1. The topological polar surface area (TPSA) is 171 Å². The van der Waals surface area contributed by atoms with E-state index < -0.39 is 42.1 Å². The molecule has 0 aromatic carbocycles. The second kappa shape index (κ2) is 11.8. The molecule has 4 fully saturated rings. The van der Waals surface area contributed by atoms with Gasteiger partial charge in [0.1, 0.15) is 24.1 Å². The molecule has 0 aromatic heterocycles. The van der Waals surface area contributed by atoms with Crippen molar-refractivity contribution in [3.8, 4) is 0 Å². The van der Waals surface area contributed by atoms with Crippen LogP contribution in [0, 0.1) is 46.3 Å². The van der Waals surface area contributed by atoms with Crippen molar-refractivity contribution in [2.75, 3.05) is 0 Å². The smallest absolute Gasteiger partial charge is 0.335 e. The molecule has 5 N–H and O–H groups in total. The summed E-state index contributed by atoms with van der Waals surface area (Å²) in [6.07, 6.45) is -1.96. The zero-order valence-electron chi connectivity index (χ0n) is 26.1. The first-order valence-corrected chi connectivity index (χ1v) is 16.2. The number of rotatable bonds is 8. The first-order valence-electron chi connectivity index (χ1n) is 16.2. The van der Waals surface area contributed by atoms with E-state index >= 15 is 0 Å². The quantitative estimate of drug-likeness (QED) is 0.257. The number of ether oxygens (including phenoxy) is 2. The van der Waals surface area contributed by atoms with Crippen molar-refractivity contribution in [3.05, 3.63) is 11.3 Å². The number of ketones is 2. The molecule has 3 saturated carbocycles. The molecule has 0 bridgehead atoms. The molecule has 43 heavy (non-hydrogen) atoms. The third-order valence-electron chi connectivity index (χ3n) is 12.0. The number of carbonyl (C=O) groups is 3. The SMILES string of the molecule is CC(C)CC(=O)C[C@@H](C)C1=C(O)C(=O)[C@@H]2[C@@H]3CC[C@H]4C[C@@H](O[C@@H]5O[C@H](C(=O)O)[C@@H](O)[C@H](O)[C@H]5O)CC[C@]4(C)[C@H]3CC[C@]12C. The Balaban J connectivity index is 1.28. The summed E-state index contributed by atoms with van der Waals surface area (Å²) in [7, 11) is 0. The number of aliphatic hydroxyl groups is 4. The maximum absolute atomic E-state index is 13.7. The Bertz CT molecular complexity index is 1150. The van der Waals surface area contributed by atoms with Crippen LogP contribution < -0.4 is 0 Å². The number of hydrogen-bond acceptors (Lipinski definition) is 9. The molecule has 1 saturated heterocycles. The average molecular weight is 607 g/mol. The molecular formula is C33H50O10. The van der Waals surface area contributed by atoms with Crippen molar-refractivity contribution in [3.63, 3.8) is 0 Å². The maximum Gasteiger partial charge on any atom is 0.335 e. The number of hydrogen-bond donors (Lipinski definition) is 5. The average Bonchev–Trinajstić information content (AvgIpc) is 3.12. The van der Waals surface area contributed by atoms with Crippen molar-refractivity contribution in [1.29, 1.82) is 0 Å². The van der Waals surface area contributed by atoms with Gasteiger partial charge in [-0.15, -0.1) is 0 Å². The van der Waals surface area contributed by atoms with E-state index in [2.05, 4.69) is 13.8 Å². The molecule has 0 aromatic rings. The zero-order chi connectivity index (χ0) is 31.6. The van der Waals surface area contributed by atoms with E-state index in [0.29, 0.717) is 31.6 Å². The van der Waals surface area contributed by atoms with E-state index in [-0.39, 0.29) is 58.4 Å². The standard InChI is InChI=1S/C33H50O10/c1-15(2)12-18(34)13-16(3)22-24(35)25(36)23-20-7-6-17-14-19(8-10-32(17,4)21(20)9-11-33(22,23)5)42-31-28(39)26(37)27(38)29(43-31)30(40)41/h15-17,19-21,23,26-29,31,35,37-39H,6-14H2,1-5H3,(H,40,41)/t16-,17+,19+,20-,21+,23+,26+,27+,28-,29+,31-,32+,33-/m1/s1. The molecule has 242 valence electrons. The van der Waals surface area contributed by atoms with Crippen LogP contribution in [0.2, 0.25) is 0 Å². The van der Waals surface area contributed by atoms with Crippen molar-refractivity contribution < 1.29 is 49.4 Å². The van der Waals surface area contributed by atoms with Gasteiger partial charge in [0, 0.05) is 24.2 Å². The summed E-state index contributed by atoms with van der Waals surface area (Å²) >= 11 is 0. The first-order chi connectivity index (χ1) is 20.1. The van der Waals surface area contributed by atoms with Crippen LogP contribution in [0.5, 0.6) is 0 Å². The third-order valence-corrected chi connectivity index (χ3v) is 12.0. The number of carboxylic acid groups (broad SMARTS) is 1. The number of aliphatic hydroxyl groups excluding tert-OH is 4. The van der Waals surface area contributed by atoms with Crippen LogP contribution in [0.1, 0.15) is 92.4 Å². The molecule has 0 radical (unpaired) electrons. The molecule has 5 aliphatic rings. The van der Waals surface area contributed by atoms with Gasteiger partial charge >= 0.3 is 5.97 Å². The second-order valence-corrected chi connectivity index (χ2v) is 15.1. The van der Waals surface area contributed by atoms with Crippen LogP contribution in [-0.4, -0.2) is 79.9 Å². The maximum atomic E-state index is 13.7. The van der Waals surface area contributed by atoms with Crippen molar-refractivity contribution >= 4 is 17.5 Å². The van der Waals surface area contributed by atoms with E-state index in [9.17, 15) is 39.9 Å². The van der Waals surface area contributed by atoms with Gasteiger partial charge in [-0.1, -0.05) is 34.6 Å². The summed E-state index contributed by atoms with van der Waals surface area (Å²) in [5.74, 6) is -1.03. The highest BCUT2D eigenvalue weighted by molar-refractivity contribution is 6.00. The molecule has 5 rings (SSSR count). The highest BCUT2D eigenvalue weighted by Crippen LogP contribution is 2.67. The van der Waals surface area contributed by atoms with Crippen LogP contribution in [0.3, 0.4) is 0 Å². The van der Waals surface area contributed by atoms with E-state index in [1.54, 1.807) is 0 Å². The van der Waals surface area contributed by atoms with Gasteiger partial charge in [-0.05, 0) is 85.5 Å². The van der Waals surface area contributed by atoms with Crippen molar-refractivity contribution in [2.24, 2.45) is 46.3 Å². The lowest BCUT2D eigenvalue weighted by Crippen LogP contribution is -2.61. The predicted octanol–water partition coefficient (Wildman–Crippen LogP) is 3.55. The molecule has 0 spiro atoms. The molecule has 1 heterocycles. The van der Waals surface area contributed by atoms with E-state index in [0.717, 1.165) is 37.7 Å². The lowest BCUT2D eigenvalue weighted by molar-refractivity contribution is -0.309. The van der Waals surface area contributed by atoms with Gasteiger partial charge in [-0.3, -0.25) is 9.59 Å². The summed E-state index contributed by atoms with van der Waals surface area (Å²) in [6.45, 7) is 10.4. The highest BCUT2D eigenvalue weighted by atomic mass is 16.7. The molecule has 10 heteroatoms. The van der Waals surface area contributed by atoms with Gasteiger partial charge < -0.3 is 35.0 Å². The van der Waals surface area contributed by atoms with Gasteiger partial charge in [0.05, 0.1) is 6.10 Å². The first kappa shape index (κ1) is 32.5. The number of fused-ring (bicyclic) bond motifs is 5. The molecule has 0 amide bonds. The number of carbonyl (C=O) groups excluding carboxylic acids is 2. The minimum Gasteiger partial charge on any atom is -0.504 e. The van der Waals surface area contributed by atoms with Gasteiger partial charge in [0.2, 0.25) is 5.78 Å². The Morgan fingerprint density at radius 3 is 2.33 bits per heavy atom. The highest BCUT2D eigenvalue weighted by Gasteiger charge is 2.63. The largest absolute Gasteiger partial charge is 0.504 e. The third kappa shape index (κ3) is 5.49. The van der Waals surface area contributed by atoms with E-state index in [1.165, 1.54) is 0 Å². The number of allylic oxidation sites excluding steroid dienone is 2. The van der Waals surface area contributed by atoms with Crippen LogP contribution >= 0.6 is 0 Å².